The summed E-state index contributed by atoms with van der Waals surface area (Å²) >= 11 is 11.8. The van der Waals surface area contributed by atoms with Crippen molar-refractivity contribution in [3.8, 4) is 0 Å². The first kappa shape index (κ1) is 13.4. The van der Waals surface area contributed by atoms with Crippen molar-refractivity contribution in [1.82, 2.24) is 4.98 Å². The molecule has 0 amide bonds. The molecule has 0 aliphatic carbocycles. The van der Waals surface area contributed by atoms with Crippen LogP contribution in [0.4, 0.5) is 11.6 Å². The minimum atomic E-state index is 0.302. The average Bonchev–Trinajstić information content (AvgIpc) is 2.23. The van der Waals surface area contributed by atoms with Gasteiger partial charge in [-0.2, -0.15) is 0 Å². The van der Waals surface area contributed by atoms with Gasteiger partial charge in [0.05, 0.1) is 10.0 Å². The second-order valence-electron chi connectivity index (χ2n) is 3.87. The summed E-state index contributed by atoms with van der Waals surface area (Å²) in [6, 6.07) is 1.94. The quantitative estimate of drug-likeness (QED) is 0.844. The van der Waals surface area contributed by atoms with Gasteiger partial charge in [0.1, 0.15) is 11.6 Å². The molecule has 3 N–H and O–H groups in total. The second-order valence-corrected chi connectivity index (χ2v) is 4.69. The van der Waals surface area contributed by atoms with Crippen LogP contribution in [0.2, 0.25) is 10.0 Å². The van der Waals surface area contributed by atoms with E-state index in [1.807, 2.05) is 0 Å². The van der Waals surface area contributed by atoms with Crippen molar-refractivity contribution in [2.45, 2.75) is 39.2 Å². The summed E-state index contributed by atoms with van der Waals surface area (Å²) in [6.07, 6.45) is 3.43. The van der Waals surface area contributed by atoms with Crippen LogP contribution in [0.3, 0.4) is 0 Å². The van der Waals surface area contributed by atoms with Crippen LogP contribution in [0.25, 0.3) is 0 Å². The molecule has 0 saturated heterocycles. The van der Waals surface area contributed by atoms with Crippen LogP contribution in [0.1, 0.15) is 33.1 Å². The number of aromatic nitrogens is 1. The molecule has 1 rings (SSSR count). The zero-order valence-corrected chi connectivity index (χ0v) is 11.1. The van der Waals surface area contributed by atoms with E-state index in [4.69, 9.17) is 28.9 Å². The van der Waals surface area contributed by atoms with Crippen LogP contribution in [0.5, 0.6) is 0 Å². The van der Waals surface area contributed by atoms with Crippen molar-refractivity contribution in [3.05, 3.63) is 16.1 Å². The minimum absolute atomic E-state index is 0.302. The molecule has 3 nitrogen and oxygen atoms in total. The normalized spacial score (nSPS) is 12.5. The van der Waals surface area contributed by atoms with Crippen LogP contribution in [-0.4, -0.2) is 11.0 Å². The fourth-order valence-corrected chi connectivity index (χ4v) is 1.81. The van der Waals surface area contributed by atoms with Gasteiger partial charge in [0, 0.05) is 6.04 Å². The van der Waals surface area contributed by atoms with E-state index < -0.39 is 0 Å². The predicted molar refractivity (Wildman–Crippen MR) is 71.3 cm³/mol. The number of nitrogens with two attached hydrogens (primary N) is 1. The maximum atomic E-state index is 6.01. The lowest BCUT2D eigenvalue weighted by Gasteiger charge is -2.15. The molecule has 0 aliphatic rings. The van der Waals surface area contributed by atoms with Crippen molar-refractivity contribution in [3.63, 3.8) is 0 Å². The molecule has 0 aromatic carbocycles. The molecule has 90 valence electrons. The van der Waals surface area contributed by atoms with Crippen molar-refractivity contribution in [2.24, 2.45) is 0 Å². The number of halogens is 2. The van der Waals surface area contributed by atoms with Crippen LogP contribution < -0.4 is 11.1 Å². The summed E-state index contributed by atoms with van der Waals surface area (Å²) in [5.74, 6) is 0.906. The molecule has 0 bridgehead atoms. The van der Waals surface area contributed by atoms with E-state index in [1.165, 1.54) is 12.8 Å². The summed E-state index contributed by atoms with van der Waals surface area (Å²) in [5.41, 5.74) is 5.62. The van der Waals surface area contributed by atoms with Crippen molar-refractivity contribution in [1.29, 1.82) is 0 Å². The summed E-state index contributed by atoms with van der Waals surface area (Å²) < 4.78 is 0. The number of hydrogen-bond donors (Lipinski definition) is 2. The fraction of sp³-hybridized carbons (Fsp3) is 0.545. The van der Waals surface area contributed by atoms with Gasteiger partial charge < -0.3 is 11.1 Å². The number of rotatable bonds is 5. The highest BCUT2D eigenvalue weighted by Gasteiger charge is 2.09. The predicted octanol–water partition coefficient (Wildman–Crippen LogP) is 3.96. The van der Waals surface area contributed by atoms with Gasteiger partial charge in [0.25, 0.3) is 0 Å². The largest absolute Gasteiger partial charge is 0.382 e. The monoisotopic (exact) mass is 261 g/mol. The molecule has 16 heavy (non-hydrogen) atoms. The van der Waals surface area contributed by atoms with Gasteiger partial charge in [-0.25, -0.2) is 4.98 Å². The van der Waals surface area contributed by atoms with Gasteiger partial charge in [-0.1, -0.05) is 43.0 Å². The molecule has 0 fully saturated rings. The number of anilines is 2. The van der Waals surface area contributed by atoms with E-state index in [-0.39, 0.29) is 0 Å². The lowest BCUT2D eigenvalue weighted by Crippen LogP contribution is -2.16. The van der Waals surface area contributed by atoms with E-state index >= 15 is 0 Å². The molecule has 0 spiro atoms. The van der Waals surface area contributed by atoms with Crippen molar-refractivity contribution < 1.29 is 0 Å². The zero-order valence-electron chi connectivity index (χ0n) is 9.56. The molecule has 1 heterocycles. The van der Waals surface area contributed by atoms with Crippen LogP contribution in [0, 0.1) is 0 Å². The molecule has 1 atom stereocenters. The highest BCUT2D eigenvalue weighted by molar-refractivity contribution is 6.37. The SMILES string of the molecule is CCCCC(C)Nc1nc(N)c(Cl)cc1Cl. The fourth-order valence-electron chi connectivity index (χ4n) is 1.40. The number of nitrogen functional groups attached to an aromatic ring is 1. The Balaban J connectivity index is 2.69. The molecular weight excluding hydrogens is 245 g/mol. The lowest BCUT2D eigenvalue weighted by atomic mass is 10.1. The minimum Gasteiger partial charge on any atom is -0.382 e. The summed E-state index contributed by atoms with van der Waals surface area (Å²) in [4.78, 5) is 4.12. The van der Waals surface area contributed by atoms with Crippen molar-refractivity contribution >= 4 is 34.8 Å². The molecular formula is C11H17Cl2N3. The Morgan fingerprint density at radius 3 is 2.75 bits per heavy atom. The van der Waals surface area contributed by atoms with Crippen LogP contribution in [0.15, 0.2) is 6.07 Å². The third-order valence-electron chi connectivity index (χ3n) is 2.33. The van der Waals surface area contributed by atoms with Gasteiger partial charge in [-0.3, -0.25) is 0 Å². The molecule has 0 saturated carbocycles. The van der Waals surface area contributed by atoms with Gasteiger partial charge in [0.2, 0.25) is 0 Å². The van der Waals surface area contributed by atoms with E-state index in [0.717, 1.165) is 6.42 Å². The van der Waals surface area contributed by atoms with Crippen molar-refractivity contribution in [2.75, 3.05) is 11.1 Å². The Bertz CT molecular complexity index is 355. The Morgan fingerprint density at radius 1 is 1.44 bits per heavy atom. The maximum absolute atomic E-state index is 6.01. The number of unbranched alkanes of at least 4 members (excludes halogenated alkanes) is 1. The Labute approximate surface area is 106 Å². The Kier molecular flexibility index (Phi) is 5.16. The van der Waals surface area contributed by atoms with Gasteiger partial charge in [-0.05, 0) is 19.4 Å². The number of pyridine rings is 1. The highest BCUT2D eigenvalue weighted by Crippen LogP contribution is 2.28. The van der Waals surface area contributed by atoms with Gasteiger partial charge in [0.15, 0.2) is 0 Å². The second kappa shape index (κ2) is 6.16. The molecule has 0 aliphatic heterocycles. The van der Waals surface area contributed by atoms with E-state index in [2.05, 4.69) is 24.1 Å². The zero-order chi connectivity index (χ0) is 12.1. The first-order valence-corrected chi connectivity index (χ1v) is 6.18. The van der Waals surface area contributed by atoms with E-state index in [1.54, 1.807) is 6.07 Å². The lowest BCUT2D eigenvalue weighted by molar-refractivity contribution is 0.643. The van der Waals surface area contributed by atoms with Crippen LogP contribution in [-0.2, 0) is 0 Å². The van der Waals surface area contributed by atoms with Gasteiger partial charge >= 0.3 is 0 Å². The first-order valence-electron chi connectivity index (χ1n) is 5.42. The van der Waals surface area contributed by atoms with Gasteiger partial charge in [-0.15, -0.1) is 0 Å². The number of hydrogen-bond acceptors (Lipinski definition) is 3. The Morgan fingerprint density at radius 2 is 2.12 bits per heavy atom. The molecule has 5 heteroatoms. The topological polar surface area (TPSA) is 50.9 Å². The summed E-state index contributed by atoms with van der Waals surface area (Å²) in [7, 11) is 0. The summed E-state index contributed by atoms with van der Waals surface area (Å²) in [6.45, 7) is 4.26. The Hall–Kier alpha value is -0.670. The third kappa shape index (κ3) is 3.72. The highest BCUT2D eigenvalue weighted by atomic mass is 35.5. The molecule has 1 aromatic heterocycles. The summed E-state index contributed by atoms with van der Waals surface area (Å²) in [5, 5.41) is 4.12. The third-order valence-corrected chi connectivity index (χ3v) is 2.92. The number of nitrogens with one attached hydrogen (secondary N) is 1. The number of nitrogens with zero attached hydrogens (tertiary/aromatic N) is 1. The maximum Gasteiger partial charge on any atom is 0.147 e. The van der Waals surface area contributed by atoms with E-state index in [0.29, 0.717) is 27.7 Å². The average molecular weight is 262 g/mol. The smallest absolute Gasteiger partial charge is 0.147 e. The standard InChI is InChI=1S/C11H17Cl2N3/c1-3-4-5-7(2)15-11-9(13)6-8(12)10(14)16-11/h6-7H,3-5H2,1-2H3,(H3,14,15,16). The van der Waals surface area contributed by atoms with Crippen LogP contribution >= 0.6 is 23.2 Å². The molecule has 0 radical (unpaired) electrons. The molecule has 1 aromatic rings. The first-order chi connectivity index (χ1) is 7.54. The molecule has 1 unspecified atom stereocenters. The van der Waals surface area contributed by atoms with E-state index in [9.17, 15) is 0 Å².